The third-order valence-corrected chi connectivity index (χ3v) is 6.08. The fourth-order valence-corrected chi connectivity index (χ4v) is 4.06. The second-order valence-corrected chi connectivity index (χ2v) is 8.15. The van der Waals surface area contributed by atoms with Crippen molar-refractivity contribution < 1.29 is 14.3 Å². The summed E-state index contributed by atoms with van der Waals surface area (Å²) in [4.78, 5) is 44.9. The zero-order chi connectivity index (χ0) is 23.8. The van der Waals surface area contributed by atoms with Crippen molar-refractivity contribution in [3.05, 3.63) is 82.1 Å². The summed E-state index contributed by atoms with van der Waals surface area (Å²) in [5.74, 6) is -0.999. The van der Waals surface area contributed by atoms with Gasteiger partial charge in [-0.25, -0.2) is 9.78 Å². The summed E-state index contributed by atoms with van der Waals surface area (Å²) < 4.78 is 4.85. The van der Waals surface area contributed by atoms with E-state index in [9.17, 15) is 19.6 Å². The summed E-state index contributed by atoms with van der Waals surface area (Å²) in [6, 6.07) is 18.6. The van der Waals surface area contributed by atoms with E-state index in [4.69, 9.17) is 4.74 Å². The first-order valence-corrected chi connectivity index (χ1v) is 11.1. The molecule has 0 unspecified atom stereocenters. The van der Waals surface area contributed by atoms with Crippen molar-refractivity contribution in [1.82, 2.24) is 15.3 Å². The molecule has 0 aliphatic carbocycles. The lowest BCUT2D eigenvalue weighted by Crippen LogP contribution is -2.39. The van der Waals surface area contributed by atoms with E-state index in [0.717, 1.165) is 11.8 Å². The molecule has 0 bridgehead atoms. The monoisotopic (exact) mass is 462 g/mol. The highest BCUT2D eigenvalue weighted by atomic mass is 32.2. The van der Waals surface area contributed by atoms with Gasteiger partial charge in [0, 0.05) is 5.56 Å². The number of hydrogen-bond acceptors (Lipinski definition) is 7. The Morgan fingerprint density at radius 3 is 2.36 bits per heavy atom. The summed E-state index contributed by atoms with van der Waals surface area (Å²) in [5.41, 5.74) is 0.776. The van der Waals surface area contributed by atoms with Crippen LogP contribution in [-0.2, 0) is 14.3 Å². The molecule has 2 N–H and O–H groups in total. The predicted molar refractivity (Wildman–Crippen MR) is 124 cm³/mol. The summed E-state index contributed by atoms with van der Waals surface area (Å²) >= 11 is 1.06. The van der Waals surface area contributed by atoms with E-state index in [0.29, 0.717) is 17.5 Å². The van der Waals surface area contributed by atoms with Gasteiger partial charge in [-0.2, -0.15) is 5.26 Å². The maximum atomic E-state index is 13.0. The Kier molecular flexibility index (Phi) is 8.00. The van der Waals surface area contributed by atoms with Crippen molar-refractivity contribution in [2.24, 2.45) is 0 Å². The molecule has 1 amide bonds. The Hall–Kier alpha value is -3.90. The fraction of sp³-hybridized carbons (Fsp3) is 0.208. The molecule has 2 aromatic carbocycles. The molecule has 0 fully saturated rings. The van der Waals surface area contributed by atoms with Crippen molar-refractivity contribution in [1.29, 1.82) is 5.26 Å². The van der Waals surface area contributed by atoms with Crippen LogP contribution in [0.5, 0.6) is 0 Å². The zero-order valence-corrected chi connectivity index (χ0v) is 18.9. The minimum absolute atomic E-state index is 0.0992. The number of nitrogens with one attached hydrogen (secondary N) is 2. The lowest BCUT2D eigenvalue weighted by atomic mass is 10.1. The highest BCUT2D eigenvalue weighted by molar-refractivity contribution is 8.00. The van der Waals surface area contributed by atoms with Crippen molar-refractivity contribution in [2.75, 3.05) is 7.11 Å². The fourth-order valence-electron chi connectivity index (χ4n) is 3.15. The number of thioether (sulfide) groups is 1. The van der Waals surface area contributed by atoms with Crippen molar-refractivity contribution in [3.8, 4) is 17.3 Å². The number of carbonyl (C=O) groups is 2. The normalized spacial score (nSPS) is 12.3. The molecule has 0 radical (unpaired) electrons. The number of methoxy groups -OCH3 is 1. The number of rotatable bonds is 8. The topological polar surface area (TPSA) is 125 Å². The van der Waals surface area contributed by atoms with E-state index in [2.05, 4.69) is 15.3 Å². The van der Waals surface area contributed by atoms with Gasteiger partial charge in [-0.15, -0.1) is 0 Å². The van der Waals surface area contributed by atoms with Crippen LogP contribution in [0, 0.1) is 11.3 Å². The van der Waals surface area contributed by atoms with Crippen LogP contribution < -0.4 is 10.9 Å². The van der Waals surface area contributed by atoms with E-state index in [1.165, 1.54) is 7.11 Å². The van der Waals surface area contributed by atoms with Crippen molar-refractivity contribution in [2.45, 2.75) is 29.8 Å². The first-order chi connectivity index (χ1) is 16.0. The molecule has 3 rings (SSSR count). The van der Waals surface area contributed by atoms with Crippen LogP contribution in [0.2, 0.25) is 0 Å². The van der Waals surface area contributed by atoms with Crippen LogP contribution in [0.3, 0.4) is 0 Å². The molecule has 0 saturated carbocycles. The van der Waals surface area contributed by atoms with Crippen LogP contribution in [0.15, 0.2) is 70.6 Å². The van der Waals surface area contributed by atoms with E-state index >= 15 is 0 Å². The molecule has 8 nitrogen and oxygen atoms in total. The summed E-state index contributed by atoms with van der Waals surface area (Å²) in [5, 5.41) is 11.7. The molecule has 1 heterocycles. The molecule has 168 valence electrons. The number of amides is 1. The molecule has 0 spiro atoms. The second-order valence-electron chi connectivity index (χ2n) is 6.96. The van der Waals surface area contributed by atoms with Crippen LogP contribution in [-0.4, -0.2) is 34.2 Å². The lowest BCUT2D eigenvalue weighted by molar-refractivity contribution is -0.145. The summed E-state index contributed by atoms with van der Waals surface area (Å²) in [7, 11) is 1.26. The number of benzene rings is 2. The highest BCUT2D eigenvalue weighted by Crippen LogP contribution is 2.26. The van der Waals surface area contributed by atoms with Gasteiger partial charge in [-0.3, -0.25) is 9.59 Å². The van der Waals surface area contributed by atoms with Crippen molar-refractivity contribution in [3.63, 3.8) is 0 Å². The number of esters is 1. The number of hydrogen-bond donors (Lipinski definition) is 2. The average molecular weight is 463 g/mol. The van der Waals surface area contributed by atoms with Gasteiger partial charge in [0.1, 0.15) is 11.6 Å². The zero-order valence-electron chi connectivity index (χ0n) is 18.1. The molecule has 0 aliphatic rings. The predicted octanol–water partition coefficient (Wildman–Crippen LogP) is 3.21. The van der Waals surface area contributed by atoms with Gasteiger partial charge in [0.05, 0.1) is 18.1 Å². The number of nitrogens with zero attached hydrogens (tertiary/aromatic N) is 2. The van der Waals surface area contributed by atoms with Gasteiger partial charge < -0.3 is 15.0 Å². The standard InChI is InChI=1S/C24H22N4O4S/c1-3-18(22(30)26-20(23(31)32-2)16-12-8-5-9-13-16)33-24-27-19(15-10-6-4-7-11-15)17(14-25)21(29)28-24/h4-13,18,20H,3H2,1-2H3,(H,26,30)(H,27,28,29)/t18-,20+/m1/s1. The Morgan fingerprint density at radius 2 is 1.79 bits per heavy atom. The average Bonchev–Trinajstić information content (AvgIpc) is 2.85. The highest BCUT2D eigenvalue weighted by Gasteiger charge is 2.28. The maximum absolute atomic E-state index is 13.0. The van der Waals surface area contributed by atoms with E-state index in [1.54, 1.807) is 48.5 Å². The number of ether oxygens (including phenoxy) is 1. The number of H-pyrrole nitrogens is 1. The number of nitriles is 1. The third kappa shape index (κ3) is 5.67. The molecule has 0 aliphatic heterocycles. The molecule has 1 aromatic heterocycles. The first kappa shape index (κ1) is 23.8. The Labute approximate surface area is 195 Å². The van der Waals surface area contributed by atoms with E-state index in [-0.39, 0.29) is 16.4 Å². The van der Waals surface area contributed by atoms with Gasteiger partial charge in [0.25, 0.3) is 5.56 Å². The van der Waals surface area contributed by atoms with Gasteiger partial charge in [0.2, 0.25) is 5.91 Å². The van der Waals surface area contributed by atoms with Crippen LogP contribution in [0.1, 0.15) is 30.5 Å². The van der Waals surface area contributed by atoms with E-state index < -0.39 is 28.7 Å². The number of aromatic amines is 1. The molecular formula is C24H22N4O4S. The number of carbonyl (C=O) groups excluding carboxylic acids is 2. The molecule has 33 heavy (non-hydrogen) atoms. The van der Waals surface area contributed by atoms with Gasteiger partial charge in [0.15, 0.2) is 11.2 Å². The number of aromatic nitrogens is 2. The van der Waals surface area contributed by atoms with E-state index in [1.807, 2.05) is 25.1 Å². The summed E-state index contributed by atoms with van der Waals surface area (Å²) in [6.45, 7) is 1.81. The molecule has 2 atom stereocenters. The second kappa shape index (κ2) is 11.1. The van der Waals surface area contributed by atoms with Crippen molar-refractivity contribution >= 4 is 23.6 Å². The molecule has 0 saturated heterocycles. The molecule has 3 aromatic rings. The Morgan fingerprint density at radius 1 is 1.15 bits per heavy atom. The van der Waals surface area contributed by atoms with Gasteiger partial charge in [-0.1, -0.05) is 79.3 Å². The first-order valence-electron chi connectivity index (χ1n) is 10.2. The minimum atomic E-state index is -0.966. The maximum Gasteiger partial charge on any atom is 0.333 e. The third-order valence-electron chi connectivity index (χ3n) is 4.83. The lowest BCUT2D eigenvalue weighted by Gasteiger charge is -2.20. The molecular weight excluding hydrogens is 440 g/mol. The van der Waals surface area contributed by atoms with Gasteiger partial charge in [-0.05, 0) is 12.0 Å². The SMILES string of the molecule is CC[C@@H](Sc1nc(-c2ccccc2)c(C#N)c(=O)[nH]1)C(=O)N[C@H](C(=O)OC)c1ccccc1. The Balaban J connectivity index is 1.88. The van der Waals surface area contributed by atoms with Crippen LogP contribution in [0.4, 0.5) is 0 Å². The quantitative estimate of drug-likeness (QED) is 0.299. The largest absolute Gasteiger partial charge is 0.467 e. The minimum Gasteiger partial charge on any atom is -0.467 e. The Bertz CT molecular complexity index is 1220. The van der Waals surface area contributed by atoms with Crippen LogP contribution >= 0.6 is 11.8 Å². The van der Waals surface area contributed by atoms with Gasteiger partial charge >= 0.3 is 5.97 Å². The smallest absolute Gasteiger partial charge is 0.333 e. The summed E-state index contributed by atoms with van der Waals surface area (Å²) in [6.07, 6.45) is 0.406. The molecule has 9 heteroatoms. The van der Waals surface area contributed by atoms with Crippen LogP contribution in [0.25, 0.3) is 11.3 Å².